The largest absolute Gasteiger partial charge is 0.395 e. The van der Waals surface area contributed by atoms with Crippen LogP contribution in [0.2, 0.25) is 0 Å². The van der Waals surface area contributed by atoms with E-state index >= 15 is 0 Å². The number of carbonyl (C=O) groups is 1. The molecule has 1 aromatic rings. The minimum absolute atomic E-state index is 0.156. The van der Waals surface area contributed by atoms with Crippen LogP contribution in [0.25, 0.3) is 5.57 Å². The first-order valence-corrected chi connectivity index (χ1v) is 16.2. The van der Waals surface area contributed by atoms with Crippen molar-refractivity contribution < 1.29 is 15.0 Å². The Morgan fingerprint density at radius 1 is 1.12 bits per heavy atom. The van der Waals surface area contributed by atoms with Gasteiger partial charge in [-0.1, -0.05) is 81.7 Å². The monoisotopic (exact) mass is 566 g/mol. The first-order valence-electron chi connectivity index (χ1n) is 16.2. The predicted molar refractivity (Wildman–Crippen MR) is 169 cm³/mol. The van der Waals surface area contributed by atoms with Gasteiger partial charge in [-0.25, -0.2) is 0 Å². The Bertz CT molecular complexity index is 1060. The highest BCUT2D eigenvalue weighted by Crippen LogP contribution is 2.49. The van der Waals surface area contributed by atoms with E-state index in [1.165, 1.54) is 67.3 Å². The summed E-state index contributed by atoms with van der Waals surface area (Å²) < 4.78 is 0. The molecule has 2 aliphatic heterocycles. The molecule has 1 amide bonds. The Balaban J connectivity index is 1.23. The van der Waals surface area contributed by atoms with E-state index in [1.807, 2.05) is 6.08 Å². The van der Waals surface area contributed by atoms with Crippen molar-refractivity contribution >= 4 is 17.2 Å². The molecule has 0 radical (unpaired) electrons. The van der Waals surface area contributed by atoms with Crippen molar-refractivity contribution in [1.29, 1.82) is 0 Å². The summed E-state index contributed by atoms with van der Waals surface area (Å²) in [4.78, 5) is 13.2. The van der Waals surface area contributed by atoms with Crippen molar-refractivity contribution in [3.8, 4) is 0 Å². The Labute approximate surface area is 247 Å². The van der Waals surface area contributed by atoms with Crippen molar-refractivity contribution in [2.45, 2.75) is 113 Å². The minimum atomic E-state index is -1.24. The summed E-state index contributed by atoms with van der Waals surface area (Å²) in [5.74, 6) is 0.531. The van der Waals surface area contributed by atoms with E-state index in [-0.39, 0.29) is 18.4 Å². The molecule has 3 aliphatic rings. The van der Waals surface area contributed by atoms with Crippen LogP contribution in [0.5, 0.6) is 0 Å². The van der Waals surface area contributed by atoms with Crippen molar-refractivity contribution in [2.24, 2.45) is 17.4 Å². The first-order chi connectivity index (χ1) is 19.8. The third kappa shape index (κ3) is 8.44. The number of hydrogen-bond donors (Lipinski definition) is 5. The molecular formula is C34H54N4O3. The van der Waals surface area contributed by atoms with Crippen molar-refractivity contribution in [1.82, 2.24) is 4.90 Å². The number of amides is 1. The zero-order chi connectivity index (χ0) is 29.2. The molecule has 0 spiro atoms. The van der Waals surface area contributed by atoms with Crippen molar-refractivity contribution in [2.75, 3.05) is 32.1 Å². The van der Waals surface area contributed by atoms with Gasteiger partial charge in [0.2, 0.25) is 5.91 Å². The lowest BCUT2D eigenvalue weighted by Crippen LogP contribution is -2.52. The molecule has 228 valence electrons. The van der Waals surface area contributed by atoms with Crippen LogP contribution >= 0.6 is 0 Å². The summed E-state index contributed by atoms with van der Waals surface area (Å²) in [6.07, 6.45) is 21.2. The maximum absolute atomic E-state index is 11.7. The van der Waals surface area contributed by atoms with Crippen molar-refractivity contribution in [3.63, 3.8) is 0 Å². The first kappa shape index (κ1) is 31.7. The van der Waals surface area contributed by atoms with Gasteiger partial charge in [-0.15, -0.1) is 0 Å². The summed E-state index contributed by atoms with van der Waals surface area (Å²) >= 11 is 0. The van der Waals surface area contributed by atoms with Gasteiger partial charge in [0.1, 0.15) is 5.60 Å². The predicted octanol–water partition coefficient (Wildman–Crippen LogP) is 5.08. The number of aliphatic hydroxyl groups is 2. The second-order valence-corrected chi connectivity index (χ2v) is 12.8. The number of nitrogens with two attached hydrogens (primary N) is 2. The standard InChI is InChI=1S/C34H54N4O3/c1-38-23-25(19-28-27-15-14-16-29-33(27)26(22-37-29)20-30(28)38)21-34(41,31(35)24-39)18-13-11-9-7-5-3-2-4-6-8-10-12-17-32(36)40/h13-16,18-19,25-26,30-31,37,39,41H,2-12,17,20-24,35H2,1H3,(H2,36,40)/t25-,26?,30+,31?,34?/m0/s1. The van der Waals surface area contributed by atoms with Crippen molar-refractivity contribution in [3.05, 3.63) is 47.6 Å². The molecule has 0 fully saturated rings. The molecule has 41 heavy (non-hydrogen) atoms. The molecule has 1 aliphatic carbocycles. The molecule has 1 aromatic carbocycles. The summed E-state index contributed by atoms with van der Waals surface area (Å²) in [6, 6.07) is 6.29. The third-order valence-corrected chi connectivity index (χ3v) is 9.58. The van der Waals surface area contributed by atoms with Gasteiger partial charge in [-0.05, 0) is 67.8 Å². The average molecular weight is 567 g/mol. The number of anilines is 1. The van der Waals surface area contributed by atoms with E-state index in [0.717, 1.165) is 45.2 Å². The number of nitrogens with zero attached hydrogens (tertiary/aromatic N) is 1. The Morgan fingerprint density at radius 3 is 2.49 bits per heavy atom. The van der Waals surface area contributed by atoms with Gasteiger partial charge in [0, 0.05) is 37.2 Å². The van der Waals surface area contributed by atoms with E-state index < -0.39 is 11.6 Å². The molecule has 5 atom stereocenters. The van der Waals surface area contributed by atoms with E-state index in [1.54, 1.807) is 0 Å². The average Bonchev–Trinajstić information content (AvgIpc) is 3.37. The van der Waals surface area contributed by atoms with Crippen LogP contribution in [-0.4, -0.2) is 65.4 Å². The molecule has 0 aromatic heterocycles. The van der Waals surface area contributed by atoms with Crippen LogP contribution < -0.4 is 16.8 Å². The number of aliphatic hydroxyl groups excluding tert-OH is 1. The fraction of sp³-hybridized carbons (Fsp3) is 0.676. The van der Waals surface area contributed by atoms with E-state index in [4.69, 9.17) is 11.5 Å². The molecule has 0 saturated heterocycles. The topological polar surface area (TPSA) is 125 Å². The second-order valence-electron chi connectivity index (χ2n) is 12.8. The number of carbonyl (C=O) groups excluding carboxylic acids is 1. The SMILES string of the molecule is CN1C[C@H](CC(O)(C=CCCCCCCCCCCCCC(N)=O)C(N)CO)C=C2c3cccc4c3C(CN4)C[C@H]21. The number of allylic oxidation sites excluding steroid dienone is 1. The fourth-order valence-electron chi connectivity index (χ4n) is 7.25. The van der Waals surface area contributed by atoms with Crippen LogP contribution in [0.3, 0.4) is 0 Å². The van der Waals surface area contributed by atoms with Gasteiger partial charge in [0.15, 0.2) is 0 Å². The number of unbranched alkanes of at least 4 members (excludes halogenated alkanes) is 10. The van der Waals surface area contributed by atoms with Gasteiger partial charge in [-0.2, -0.15) is 0 Å². The summed E-state index contributed by atoms with van der Waals surface area (Å²) in [5, 5.41) is 25.1. The zero-order valence-corrected chi connectivity index (χ0v) is 25.2. The highest BCUT2D eigenvalue weighted by atomic mass is 16.3. The normalized spacial score (nSPS) is 23.9. The number of hydrogen-bond acceptors (Lipinski definition) is 6. The van der Waals surface area contributed by atoms with Crippen LogP contribution in [0.4, 0.5) is 5.69 Å². The Kier molecular flexibility index (Phi) is 11.9. The molecular weight excluding hydrogens is 512 g/mol. The number of rotatable bonds is 18. The van der Waals surface area contributed by atoms with E-state index in [2.05, 4.69) is 47.6 Å². The number of primary amides is 1. The lowest BCUT2D eigenvalue weighted by atomic mass is 9.73. The van der Waals surface area contributed by atoms with Crippen LogP contribution in [0.15, 0.2) is 36.4 Å². The molecule has 7 nitrogen and oxygen atoms in total. The lowest BCUT2D eigenvalue weighted by molar-refractivity contribution is -0.118. The highest BCUT2D eigenvalue weighted by molar-refractivity contribution is 5.81. The molecule has 0 saturated carbocycles. The Hall–Kier alpha value is -2.19. The highest BCUT2D eigenvalue weighted by Gasteiger charge is 2.41. The Morgan fingerprint density at radius 2 is 1.80 bits per heavy atom. The van der Waals surface area contributed by atoms with Gasteiger partial charge in [0.05, 0.1) is 12.6 Å². The van der Waals surface area contributed by atoms with E-state index in [0.29, 0.717) is 24.8 Å². The maximum Gasteiger partial charge on any atom is 0.217 e. The molecule has 2 heterocycles. The zero-order valence-electron chi connectivity index (χ0n) is 25.2. The fourth-order valence-corrected chi connectivity index (χ4v) is 7.25. The van der Waals surface area contributed by atoms with Gasteiger partial charge in [-0.3, -0.25) is 9.69 Å². The molecule has 0 bridgehead atoms. The van der Waals surface area contributed by atoms with Crippen LogP contribution in [-0.2, 0) is 4.79 Å². The second kappa shape index (κ2) is 15.3. The smallest absolute Gasteiger partial charge is 0.217 e. The number of nitrogens with one attached hydrogen (secondary N) is 1. The molecule has 3 unspecified atom stereocenters. The maximum atomic E-state index is 11.7. The number of fused-ring (bicyclic) bond motifs is 2. The van der Waals surface area contributed by atoms with E-state index in [9.17, 15) is 15.0 Å². The quantitative estimate of drug-likeness (QED) is 0.125. The number of likely N-dealkylation sites (N-methyl/N-ethyl adjacent to an activating group) is 1. The van der Waals surface area contributed by atoms with Gasteiger partial charge < -0.3 is 27.0 Å². The minimum Gasteiger partial charge on any atom is -0.395 e. The summed E-state index contributed by atoms with van der Waals surface area (Å²) in [5.41, 5.74) is 15.7. The van der Waals surface area contributed by atoms with Gasteiger partial charge in [0.25, 0.3) is 0 Å². The lowest BCUT2D eigenvalue weighted by Gasteiger charge is -2.44. The molecule has 4 rings (SSSR count). The third-order valence-electron chi connectivity index (χ3n) is 9.58. The van der Waals surface area contributed by atoms with Gasteiger partial charge >= 0.3 is 0 Å². The molecule has 7 N–H and O–H groups in total. The molecule has 7 heteroatoms. The van der Waals surface area contributed by atoms with Crippen LogP contribution in [0.1, 0.15) is 107 Å². The number of benzene rings is 1. The van der Waals surface area contributed by atoms with Crippen LogP contribution in [0, 0.1) is 5.92 Å². The summed E-state index contributed by atoms with van der Waals surface area (Å²) in [6.45, 7) is 1.66. The summed E-state index contributed by atoms with van der Waals surface area (Å²) in [7, 11) is 2.20.